The second kappa shape index (κ2) is 5.66. The largest absolute Gasteiger partial charge is 0.368 e. The van der Waals surface area contributed by atoms with Gasteiger partial charge in [0.15, 0.2) is 0 Å². The van der Waals surface area contributed by atoms with Gasteiger partial charge in [-0.15, -0.1) is 0 Å². The van der Waals surface area contributed by atoms with Crippen molar-refractivity contribution in [3.05, 3.63) is 54.1 Å². The molecule has 1 aliphatic heterocycles. The Morgan fingerprint density at radius 3 is 2.52 bits per heavy atom. The van der Waals surface area contributed by atoms with Crippen LogP contribution in [-0.2, 0) is 0 Å². The van der Waals surface area contributed by atoms with Crippen molar-refractivity contribution in [1.82, 2.24) is 14.7 Å². The quantitative estimate of drug-likeness (QED) is 0.790. The van der Waals surface area contributed by atoms with Gasteiger partial charge in [0.1, 0.15) is 11.5 Å². The summed E-state index contributed by atoms with van der Waals surface area (Å²) in [4.78, 5) is 7.09. The summed E-state index contributed by atoms with van der Waals surface area (Å²) in [7, 11) is 0. The second-order valence-electron chi connectivity index (χ2n) is 5.91. The van der Waals surface area contributed by atoms with E-state index in [2.05, 4.69) is 39.9 Å². The smallest absolute Gasteiger partial charge is 0.137 e. The van der Waals surface area contributed by atoms with Crippen LogP contribution in [0.5, 0.6) is 0 Å². The van der Waals surface area contributed by atoms with Crippen molar-refractivity contribution in [2.45, 2.75) is 6.92 Å². The van der Waals surface area contributed by atoms with E-state index in [1.807, 2.05) is 0 Å². The van der Waals surface area contributed by atoms with Crippen LogP contribution in [0.4, 0.5) is 10.1 Å². The molecule has 0 atom stereocenters. The molecule has 1 aliphatic rings. The fourth-order valence-corrected chi connectivity index (χ4v) is 3.14. The maximum Gasteiger partial charge on any atom is 0.137 e. The van der Waals surface area contributed by atoms with E-state index in [1.165, 1.54) is 17.8 Å². The van der Waals surface area contributed by atoms with Crippen LogP contribution in [0.15, 0.2) is 42.6 Å². The Morgan fingerprint density at radius 1 is 1.04 bits per heavy atom. The molecule has 0 unspecified atom stereocenters. The van der Waals surface area contributed by atoms with Crippen molar-refractivity contribution in [1.29, 1.82) is 0 Å². The number of halogens is 1. The Labute approximate surface area is 134 Å². The Kier molecular flexibility index (Phi) is 3.50. The minimum Gasteiger partial charge on any atom is -0.368 e. The molecule has 0 amide bonds. The summed E-state index contributed by atoms with van der Waals surface area (Å²) in [6.45, 7) is 6.12. The van der Waals surface area contributed by atoms with Gasteiger partial charge < -0.3 is 14.6 Å². The number of nitrogens with one attached hydrogen (secondary N) is 1. The Balaban J connectivity index is 1.76. The van der Waals surface area contributed by atoms with Crippen molar-refractivity contribution in [3.8, 4) is 11.3 Å². The van der Waals surface area contributed by atoms with E-state index >= 15 is 0 Å². The van der Waals surface area contributed by atoms with E-state index in [-0.39, 0.29) is 5.82 Å². The Hall–Kier alpha value is -2.40. The SMILES string of the molecule is Cc1c(-c2ccc(F)cc2)nc2ccc(N3CCNCC3)cn12. The van der Waals surface area contributed by atoms with E-state index in [1.54, 1.807) is 12.1 Å². The predicted molar refractivity (Wildman–Crippen MR) is 90.4 cm³/mol. The maximum atomic E-state index is 13.1. The molecule has 118 valence electrons. The number of nitrogens with zero attached hydrogens (tertiary/aromatic N) is 3. The summed E-state index contributed by atoms with van der Waals surface area (Å²) in [5.74, 6) is -0.226. The molecular weight excluding hydrogens is 291 g/mol. The number of rotatable bonds is 2. The fraction of sp³-hybridized carbons (Fsp3) is 0.278. The van der Waals surface area contributed by atoms with E-state index in [4.69, 9.17) is 4.98 Å². The third-order valence-electron chi connectivity index (χ3n) is 4.44. The number of hydrogen-bond donors (Lipinski definition) is 1. The number of aryl methyl sites for hydroxylation is 1. The highest BCUT2D eigenvalue weighted by atomic mass is 19.1. The highest BCUT2D eigenvalue weighted by molar-refractivity contribution is 5.67. The maximum absolute atomic E-state index is 13.1. The summed E-state index contributed by atoms with van der Waals surface area (Å²) in [5.41, 5.74) is 5.05. The number of benzene rings is 1. The highest BCUT2D eigenvalue weighted by Crippen LogP contribution is 2.26. The molecule has 1 saturated heterocycles. The van der Waals surface area contributed by atoms with E-state index in [0.717, 1.165) is 48.8 Å². The first-order valence-electron chi connectivity index (χ1n) is 7.93. The first kappa shape index (κ1) is 14.2. The van der Waals surface area contributed by atoms with Gasteiger partial charge in [0.2, 0.25) is 0 Å². The summed E-state index contributed by atoms with van der Waals surface area (Å²) < 4.78 is 15.3. The highest BCUT2D eigenvalue weighted by Gasteiger charge is 2.14. The van der Waals surface area contributed by atoms with Crippen LogP contribution in [0.2, 0.25) is 0 Å². The second-order valence-corrected chi connectivity index (χ2v) is 5.91. The summed E-state index contributed by atoms with van der Waals surface area (Å²) >= 11 is 0. The number of aromatic nitrogens is 2. The van der Waals surface area contributed by atoms with Gasteiger partial charge in [-0.2, -0.15) is 0 Å². The van der Waals surface area contributed by atoms with Crippen LogP contribution in [0.25, 0.3) is 16.9 Å². The first-order valence-corrected chi connectivity index (χ1v) is 7.93. The van der Waals surface area contributed by atoms with Crippen LogP contribution in [-0.4, -0.2) is 35.6 Å². The lowest BCUT2D eigenvalue weighted by molar-refractivity contribution is 0.588. The van der Waals surface area contributed by atoms with Crippen LogP contribution >= 0.6 is 0 Å². The third kappa shape index (κ3) is 2.57. The predicted octanol–water partition coefficient (Wildman–Crippen LogP) is 2.86. The zero-order valence-corrected chi connectivity index (χ0v) is 13.1. The topological polar surface area (TPSA) is 32.6 Å². The van der Waals surface area contributed by atoms with Crippen LogP contribution in [0, 0.1) is 12.7 Å². The van der Waals surface area contributed by atoms with E-state index in [0.29, 0.717) is 0 Å². The van der Waals surface area contributed by atoms with Gasteiger partial charge in [0, 0.05) is 43.6 Å². The number of piperazine rings is 1. The number of hydrogen-bond acceptors (Lipinski definition) is 3. The lowest BCUT2D eigenvalue weighted by Crippen LogP contribution is -2.43. The monoisotopic (exact) mass is 310 g/mol. The molecule has 1 aromatic carbocycles. The zero-order valence-electron chi connectivity index (χ0n) is 13.1. The fourth-order valence-electron chi connectivity index (χ4n) is 3.14. The summed E-state index contributed by atoms with van der Waals surface area (Å²) in [6, 6.07) is 10.7. The lowest BCUT2D eigenvalue weighted by atomic mass is 10.1. The molecule has 0 saturated carbocycles. The third-order valence-corrected chi connectivity index (χ3v) is 4.44. The van der Waals surface area contributed by atoms with Crippen LogP contribution in [0.1, 0.15) is 5.69 Å². The molecule has 3 heterocycles. The molecule has 0 aliphatic carbocycles. The van der Waals surface area contributed by atoms with Gasteiger partial charge in [-0.25, -0.2) is 9.37 Å². The van der Waals surface area contributed by atoms with Crippen molar-refractivity contribution in [3.63, 3.8) is 0 Å². The summed E-state index contributed by atoms with van der Waals surface area (Å²) in [5, 5.41) is 3.37. The molecular formula is C18H19FN4. The molecule has 0 spiro atoms. The van der Waals surface area contributed by atoms with Crippen LogP contribution < -0.4 is 10.2 Å². The number of fused-ring (bicyclic) bond motifs is 1. The lowest BCUT2D eigenvalue weighted by Gasteiger charge is -2.29. The van der Waals surface area contributed by atoms with Crippen LogP contribution in [0.3, 0.4) is 0 Å². The molecule has 4 rings (SSSR count). The average molecular weight is 310 g/mol. The normalized spacial score (nSPS) is 15.3. The minimum absolute atomic E-state index is 0.226. The van der Waals surface area contributed by atoms with Crippen molar-refractivity contribution < 1.29 is 4.39 Å². The molecule has 1 fully saturated rings. The molecule has 23 heavy (non-hydrogen) atoms. The van der Waals surface area contributed by atoms with Gasteiger partial charge in [0.05, 0.1) is 11.4 Å². The molecule has 3 aromatic rings. The Morgan fingerprint density at radius 2 is 1.78 bits per heavy atom. The standard InChI is InChI=1S/C18H19FN4/c1-13-18(14-2-4-15(19)5-3-14)21-17-7-6-16(12-23(13)17)22-10-8-20-9-11-22/h2-7,12,20H,8-11H2,1H3. The Bertz CT molecular complexity index is 832. The summed E-state index contributed by atoms with van der Waals surface area (Å²) in [6.07, 6.45) is 2.15. The van der Waals surface area contributed by atoms with Crippen molar-refractivity contribution in [2.24, 2.45) is 0 Å². The van der Waals surface area contributed by atoms with E-state index < -0.39 is 0 Å². The molecule has 2 aromatic heterocycles. The van der Waals surface area contributed by atoms with Gasteiger partial charge in [-0.3, -0.25) is 0 Å². The molecule has 5 heteroatoms. The van der Waals surface area contributed by atoms with Gasteiger partial charge in [-0.05, 0) is 43.3 Å². The van der Waals surface area contributed by atoms with Crippen molar-refractivity contribution >= 4 is 11.3 Å². The molecule has 0 bridgehead atoms. The van der Waals surface area contributed by atoms with Gasteiger partial charge >= 0.3 is 0 Å². The zero-order chi connectivity index (χ0) is 15.8. The number of imidazole rings is 1. The molecule has 4 nitrogen and oxygen atoms in total. The first-order chi connectivity index (χ1) is 11.2. The van der Waals surface area contributed by atoms with Crippen molar-refractivity contribution in [2.75, 3.05) is 31.1 Å². The van der Waals surface area contributed by atoms with Gasteiger partial charge in [0.25, 0.3) is 0 Å². The van der Waals surface area contributed by atoms with E-state index in [9.17, 15) is 4.39 Å². The minimum atomic E-state index is -0.226. The molecule has 0 radical (unpaired) electrons. The number of anilines is 1. The average Bonchev–Trinajstić information content (AvgIpc) is 2.93. The molecule has 1 N–H and O–H groups in total. The number of pyridine rings is 1. The van der Waals surface area contributed by atoms with Gasteiger partial charge in [-0.1, -0.05) is 0 Å².